The normalized spacial score (nSPS) is 10.4. The number of carbonyl (C=O) groups is 1. The molecule has 22 heavy (non-hydrogen) atoms. The van der Waals surface area contributed by atoms with Gasteiger partial charge in [-0.3, -0.25) is 4.79 Å². The zero-order valence-electron chi connectivity index (χ0n) is 11.4. The number of hydrogen-bond donors (Lipinski definition) is 2. The van der Waals surface area contributed by atoms with Gasteiger partial charge in [0.25, 0.3) is 11.6 Å². The van der Waals surface area contributed by atoms with E-state index in [2.05, 4.69) is 10.4 Å². The van der Waals surface area contributed by atoms with Crippen LogP contribution in [0.5, 0.6) is 0 Å². The van der Waals surface area contributed by atoms with Crippen molar-refractivity contribution in [1.29, 1.82) is 0 Å². The lowest BCUT2D eigenvalue weighted by Crippen LogP contribution is -2.30. The molecule has 0 radical (unpaired) electrons. The first kappa shape index (κ1) is 14.5. The monoisotopic (exact) mass is 331 g/mol. The van der Waals surface area contributed by atoms with Crippen LogP contribution >= 0.6 is 23.1 Å². The van der Waals surface area contributed by atoms with E-state index >= 15 is 0 Å². The zero-order valence-corrected chi connectivity index (χ0v) is 12.9. The third kappa shape index (κ3) is 3.08. The molecule has 0 aliphatic rings. The minimum Gasteiger partial charge on any atom is -0.384 e. The van der Waals surface area contributed by atoms with Gasteiger partial charge in [-0.15, -0.1) is 0 Å². The maximum atomic E-state index is 12.3. The highest BCUT2D eigenvalue weighted by Crippen LogP contribution is 2.17. The van der Waals surface area contributed by atoms with Gasteiger partial charge in [0.2, 0.25) is 5.69 Å². The number of aromatic nitrogens is 2. The Morgan fingerprint density at radius 1 is 1.14 bits per heavy atom. The molecule has 0 bridgehead atoms. The summed E-state index contributed by atoms with van der Waals surface area (Å²) in [7, 11) is 0. The first-order chi connectivity index (χ1) is 10.6. The summed E-state index contributed by atoms with van der Waals surface area (Å²) in [6.07, 6.45) is 0. The van der Waals surface area contributed by atoms with Gasteiger partial charge in [-0.1, -0.05) is 29.8 Å². The SMILES string of the molecule is Nc1s[n+](-c2ccc(Cl)cc2)nc1C(=O)Nc1ccccc1. The fourth-order valence-corrected chi connectivity index (χ4v) is 2.73. The quantitative estimate of drug-likeness (QED) is 0.725. The van der Waals surface area contributed by atoms with E-state index in [-0.39, 0.29) is 11.6 Å². The summed E-state index contributed by atoms with van der Waals surface area (Å²) in [5, 5.41) is 8.01. The molecule has 2 aromatic carbocycles. The molecular formula is C15H12ClN4OS+. The van der Waals surface area contributed by atoms with Crippen LogP contribution in [0.25, 0.3) is 5.69 Å². The predicted octanol–water partition coefficient (Wildman–Crippen LogP) is 2.91. The van der Waals surface area contributed by atoms with E-state index < -0.39 is 0 Å². The van der Waals surface area contributed by atoms with Crippen molar-refractivity contribution in [2.24, 2.45) is 0 Å². The van der Waals surface area contributed by atoms with Crippen molar-refractivity contribution in [3.8, 4) is 5.69 Å². The number of hydrogen-bond acceptors (Lipinski definition) is 4. The Balaban J connectivity index is 1.86. The highest BCUT2D eigenvalue weighted by molar-refractivity contribution is 7.06. The Labute approximate surface area is 136 Å². The van der Waals surface area contributed by atoms with Gasteiger partial charge >= 0.3 is 0 Å². The summed E-state index contributed by atoms with van der Waals surface area (Å²) in [4.78, 5) is 12.3. The molecule has 0 spiro atoms. The second kappa shape index (κ2) is 6.13. The highest BCUT2D eigenvalue weighted by atomic mass is 35.5. The third-order valence-electron chi connectivity index (χ3n) is 2.90. The average Bonchev–Trinajstić information content (AvgIpc) is 2.91. The van der Waals surface area contributed by atoms with Crippen molar-refractivity contribution in [3.63, 3.8) is 0 Å². The first-order valence-corrected chi connectivity index (χ1v) is 7.60. The number of nitrogens with zero attached hydrogens (tertiary/aromatic N) is 2. The average molecular weight is 332 g/mol. The Morgan fingerprint density at radius 3 is 2.50 bits per heavy atom. The number of carbonyl (C=O) groups excluding carboxylic acids is 1. The van der Waals surface area contributed by atoms with E-state index in [9.17, 15) is 4.79 Å². The molecule has 3 aromatic rings. The summed E-state index contributed by atoms with van der Waals surface area (Å²) < 4.78 is 1.59. The van der Waals surface area contributed by atoms with Crippen LogP contribution in [-0.4, -0.2) is 11.0 Å². The van der Waals surface area contributed by atoms with E-state index in [1.807, 2.05) is 30.3 Å². The van der Waals surface area contributed by atoms with Crippen LogP contribution in [0.3, 0.4) is 0 Å². The Morgan fingerprint density at radius 2 is 1.82 bits per heavy atom. The molecule has 1 amide bonds. The highest BCUT2D eigenvalue weighted by Gasteiger charge is 2.24. The lowest BCUT2D eigenvalue weighted by Gasteiger charge is -2.00. The molecule has 5 nitrogen and oxygen atoms in total. The molecule has 3 N–H and O–H groups in total. The van der Waals surface area contributed by atoms with Crippen molar-refractivity contribution in [1.82, 2.24) is 5.10 Å². The Kier molecular flexibility index (Phi) is 4.04. The van der Waals surface area contributed by atoms with Crippen LogP contribution in [0.15, 0.2) is 54.6 Å². The summed E-state index contributed by atoms with van der Waals surface area (Å²) >= 11 is 7.05. The smallest absolute Gasteiger partial charge is 0.283 e. The molecule has 0 saturated heterocycles. The number of benzene rings is 2. The summed E-state index contributed by atoms with van der Waals surface area (Å²) in [5.41, 5.74) is 7.59. The van der Waals surface area contributed by atoms with Crippen LogP contribution in [-0.2, 0) is 0 Å². The molecular weight excluding hydrogens is 320 g/mol. The summed E-state index contributed by atoms with van der Waals surface area (Å²) in [6, 6.07) is 16.3. The van der Waals surface area contributed by atoms with Crippen molar-refractivity contribution >= 4 is 39.7 Å². The fourth-order valence-electron chi connectivity index (χ4n) is 1.85. The molecule has 1 aromatic heterocycles. The number of halogens is 1. The maximum Gasteiger partial charge on any atom is 0.283 e. The number of nitrogen functional groups attached to an aromatic ring is 1. The molecule has 0 aliphatic carbocycles. The lowest BCUT2D eigenvalue weighted by molar-refractivity contribution is -0.588. The number of nitrogens with two attached hydrogens (primary N) is 1. The lowest BCUT2D eigenvalue weighted by atomic mass is 10.3. The number of rotatable bonds is 3. The van der Waals surface area contributed by atoms with Crippen molar-refractivity contribution in [3.05, 3.63) is 65.3 Å². The van der Waals surface area contributed by atoms with Gasteiger partial charge in [-0.25, -0.2) is 0 Å². The number of para-hydroxylation sites is 1. The second-order valence-electron chi connectivity index (χ2n) is 4.47. The fraction of sp³-hybridized carbons (Fsp3) is 0. The van der Waals surface area contributed by atoms with E-state index in [1.165, 1.54) is 11.5 Å². The van der Waals surface area contributed by atoms with Gasteiger partial charge in [0.15, 0.2) is 16.5 Å². The van der Waals surface area contributed by atoms with Gasteiger partial charge in [0, 0.05) is 32.0 Å². The van der Waals surface area contributed by atoms with Crippen LogP contribution in [0.4, 0.5) is 10.7 Å². The van der Waals surface area contributed by atoms with E-state index in [0.717, 1.165) is 5.69 Å². The summed E-state index contributed by atoms with van der Waals surface area (Å²) in [5.74, 6) is -0.340. The molecule has 3 rings (SSSR count). The van der Waals surface area contributed by atoms with Gasteiger partial charge in [0.1, 0.15) is 0 Å². The molecule has 0 atom stereocenters. The van der Waals surface area contributed by atoms with Gasteiger partial charge < -0.3 is 11.1 Å². The van der Waals surface area contributed by atoms with E-state index in [0.29, 0.717) is 15.7 Å². The van der Waals surface area contributed by atoms with Crippen molar-refractivity contribution in [2.75, 3.05) is 11.1 Å². The van der Waals surface area contributed by atoms with E-state index in [1.54, 1.807) is 28.3 Å². The Bertz CT molecular complexity index is 802. The predicted molar refractivity (Wildman–Crippen MR) is 87.5 cm³/mol. The molecule has 0 fully saturated rings. The van der Waals surface area contributed by atoms with E-state index in [4.69, 9.17) is 17.3 Å². The molecule has 0 saturated carbocycles. The van der Waals surface area contributed by atoms with Crippen molar-refractivity contribution in [2.45, 2.75) is 0 Å². The first-order valence-electron chi connectivity index (χ1n) is 6.45. The van der Waals surface area contributed by atoms with Crippen LogP contribution in [0, 0.1) is 0 Å². The third-order valence-corrected chi connectivity index (χ3v) is 4.01. The van der Waals surface area contributed by atoms with Crippen LogP contribution < -0.4 is 15.1 Å². The molecule has 0 aliphatic heterocycles. The minimum atomic E-state index is -0.340. The number of amides is 1. The molecule has 110 valence electrons. The summed E-state index contributed by atoms with van der Waals surface area (Å²) in [6.45, 7) is 0. The Hall–Kier alpha value is -2.44. The topological polar surface area (TPSA) is 71.9 Å². The molecule has 7 heteroatoms. The van der Waals surface area contributed by atoms with Crippen LogP contribution in [0.1, 0.15) is 10.5 Å². The number of anilines is 2. The molecule has 1 heterocycles. The molecule has 0 unspecified atom stereocenters. The van der Waals surface area contributed by atoms with Crippen LogP contribution in [0.2, 0.25) is 5.02 Å². The van der Waals surface area contributed by atoms with Gasteiger partial charge in [-0.2, -0.15) is 0 Å². The minimum absolute atomic E-state index is 0.198. The second-order valence-corrected chi connectivity index (χ2v) is 5.88. The maximum absolute atomic E-state index is 12.3. The van der Waals surface area contributed by atoms with Gasteiger partial charge in [-0.05, 0) is 24.3 Å². The largest absolute Gasteiger partial charge is 0.384 e. The number of nitrogens with one attached hydrogen (secondary N) is 1. The zero-order chi connectivity index (χ0) is 15.5. The standard InChI is InChI=1S/C15H11ClN4OS/c16-10-6-8-12(9-7-10)20-19-13(14(17)22-20)15(21)18-11-4-2-1-3-5-11/h1-9,17H,(H,18,21)/p+1. The van der Waals surface area contributed by atoms with Crippen molar-refractivity contribution < 1.29 is 8.87 Å². The van der Waals surface area contributed by atoms with Gasteiger partial charge in [0.05, 0.1) is 0 Å².